The second kappa shape index (κ2) is 13.6. The van der Waals surface area contributed by atoms with E-state index in [4.69, 9.17) is 4.74 Å². The minimum Gasteiger partial charge on any atom is -0.494 e. The lowest BCUT2D eigenvalue weighted by Gasteiger charge is -2.32. The van der Waals surface area contributed by atoms with Gasteiger partial charge >= 0.3 is 0 Å². The van der Waals surface area contributed by atoms with Gasteiger partial charge in [-0.3, -0.25) is 13.9 Å². The van der Waals surface area contributed by atoms with Gasteiger partial charge in [0.15, 0.2) is 0 Å². The maximum absolute atomic E-state index is 13.9. The highest BCUT2D eigenvalue weighted by Crippen LogP contribution is 2.26. The fourth-order valence-electron chi connectivity index (χ4n) is 3.98. The lowest BCUT2D eigenvalue weighted by Crippen LogP contribution is -2.51. The summed E-state index contributed by atoms with van der Waals surface area (Å²) in [5.74, 6) is -0.286. The first-order chi connectivity index (χ1) is 18.6. The number of likely N-dealkylation sites (N-methyl/N-ethyl adjacent to an activating group) is 1. The van der Waals surface area contributed by atoms with Gasteiger partial charge in [0.1, 0.15) is 18.3 Å². The highest BCUT2D eigenvalue weighted by molar-refractivity contribution is 9.10. The second-order valence-electron chi connectivity index (χ2n) is 8.97. The maximum Gasteiger partial charge on any atom is 0.264 e. The molecule has 0 saturated carbocycles. The topological polar surface area (TPSA) is 96.0 Å². The molecule has 0 bridgehead atoms. The highest BCUT2D eigenvalue weighted by atomic mass is 79.9. The van der Waals surface area contributed by atoms with Crippen LogP contribution in [0.25, 0.3) is 0 Å². The molecule has 0 aliphatic rings. The summed E-state index contributed by atoms with van der Waals surface area (Å²) >= 11 is 3.44. The van der Waals surface area contributed by atoms with E-state index < -0.39 is 28.5 Å². The zero-order chi connectivity index (χ0) is 28.6. The number of hydrogen-bond acceptors (Lipinski definition) is 5. The molecule has 8 nitrogen and oxygen atoms in total. The Bertz CT molecular complexity index is 1380. The van der Waals surface area contributed by atoms with Crippen molar-refractivity contribution in [3.8, 4) is 5.75 Å². The zero-order valence-electron chi connectivity index (χ0n) is 22.6. The van der Waals surface area contributed by atoms with Crippen molar-refractivity contribution >= 4 is 43.5 Å². The minimum absolute atomic E-state index is 0.0228. The SMILES string of the molecule is CCNC(=O)[C@@H](C)N(Cc1cccc(Br)c1)C(=O)CN(c1ccc(C)cc1)S(=O)(=O)c1ccc(OCC)cc1. The molecule has 1 atom stereocenters. The van der Waals surface area contributed by atoms with Gasteiger partial charge in [-0.15, -0.1) is 0 Å². The van der Waals surface area contributed by atoms with Gasteiger partial charge in [0.25, 0.3) is 10.0 Å². The molecule has 0 aliphatic carbocycles. The van der Waals surface area contributed by atoms with E-state index in [0.717, 1.165) is 19.9 Å². The van der Waals surface area contributed by atoms with E-state index in [-0.39, 0.29) is 17.3 Å². The third-order valence-corrected chi connectivity index (χ3v) is 8.37. The number of sulfonamides is 1. The molecular weight excluding hydrogens is 582 g/mol. The van der Waals surface area contributed by atoms with Gasteiger partial charge in [0.05, 0.1) is 17.2 Å². The fraction of sp³-hybridized carbons (Fsp3) is 0.310. The highest BCUT2D eigenvalue weighted by Gasteiger charge is 2.32. The molecule has 10 heteroatoms. The average molecular weight is 617 g/mol. The number of hydrogen-bond donors (Lipinski definition) is 1. The van der Waals surface area contributed by atoms with Crippen LogP contribution in [0.4, 0.5) is 5.69 Å². The van der Waals surface area contributed by atoms with Crippen molar-refractivity contribution in [3.05, 3.63) is 88.4 Å². The van der Waals surface area contributed by atoms with Crippen molar-refractivity contribution in [2.75, 3.05) is 24.0 Å². The Morgan fingerprint density at radius 2 is 1.67 bits per heavy atom. The Labute approximate surface area is 239 Å². The molecule has 0 saturated heterocycles. The predicted octanol–water partition coefficient (Wildman–Crippen LogP) is 4.90. The summed E-state index contributed by atoms with van der Waals surface area (Å²) in [5, 5.41) is 2.75. The van der Waals surface area contributed by atoms with Crippen LogP contribution in [0.3, 0.4) is 0 Å². The van der Waals surface area contributed by atoms with E-state index in [1.807, 2.05) is 38.1 Å². The van der Waals surface area contributed by atoms with Crippen molar-refractivity contribution in [2.24, 2.45) is 0 Å². The number of rotatable bonds is 12. The molecule has 1 N–H and O–H groups in total. The first-order valence-electron chi connectivity index (χ1n) is 12.7. The summed E-state index contributed by atoms with van der Waals surface area (Å²) in [7, 11) is -4.14. The van der Waals surface area contributed by atoms with Gasteiger partial charge in [0.2, 0.25) is 11.8 Å². The monoisotopic (exact) mass is 615 g/mol. The minimum atomic E-state index is -4.14. The van der Waals surface area contributed by atoms with Gasteiger partial charge in [-0.1, -0.05) is 45.8 Å². The van der Waals surface area contributed by atoms with Gasteiger partial charge in [-0.2, -0.15) is 0 Å². The molecule has 0 spiro atoms. The smallest absolute Gasteiger partial charge is 0.264 e. The number of nitrogens with one attached hydrogen (secondary N) is 1. The van der Waals surface area contributed by atoms with Crippen LogP contribution in [0.15, 0.2) is 82.2 Å². The van der Waals surface area contributed by atoms with Crippen molar-refractivity contribution in [2.45, 2.75) is 45.2 Å². The van der Waals surface area contributed by atoms with Gasteiger partial charge < -0.3 is 15.0 Å². The number of aryl methyl sites for hydroxylation is 1. The normalized spacial score (nSPS) is 11.9. The van der Waals surface area contributed by atoms with E-state index in [2.05, 4.69) is 21.2 Å². The van der Waals surface area contributed by atoms with Crippen LogP contribution >= 0.6 is 15.9 Å². The molecule has 3 aromatic rings. The first kappa shape index (κ1) is 30.2. The van der Waals surface area contributed by atoms with Crippen LogP contribution in [-0.2, 0) is 26.2 Å². The molecule has 39 heavy (non-hydrogen) atoms. The fourth-order valence-corrected chi connectivity index (χ4v) is 5.84. The van der Waals surface area contributed by atoms with Gasteiger partial charge in [-0.05, 0) is 81.8 Å². The van der Waals surface area contributed by atoms with Gasteiger partial charge in [0, 0.05) is 17.6 Å². The Hall–Kier alpha value is -3.37. The van der Waals surface area contributed by atoms with Crippen LogP contribution in [-0.4, -0.2) is 50.9 Å². The summed E-state index contributed by atoms with van der Waals surface area (Å²) in [5.41, 5.74) is 2.09. The Balaban J connectivity index is 2.01. The standard InChI is InChI=1S/C29H34BrN3O5S/c1-5-31-29(35)22(4)32(19-23-8-7-9-24(30)18-23)28(34)20-33(25-12-10-21(3)11-13-25)39(36,37)27-16-14-26(15-17-27)38-6-2/h7-18,22H,5-6,19-20H2,1-4H3,(H,31,35)/t22-/m1/s1. The number of halogens is 1. The van der Waals surface area contributed by atoms with Crippen LogP contribution in [0.5, 0.6) is 5.75 Å². The van der Waals surface area contributed by atoms with E-state index in [1.54, 1.807) is 50.2 Å². The molecular formula is C29H34BrN3O5S. The van der Waals surface area contributed by atoms with Crippen LogP contribution in [0.2, 0.25) is 0 Å². The number of carbonyl (C=O) groups is 2. The Morgan fingerprint density at radius 1 is 1.00 bits per heavy atom. The third-order valence-electron chi connectivity index (χ3n) is 6.08. The molecule has 0 radical (unpaired) electrons. The van der Waals surface area contributed by atoms with Crippen LogP contribution in [0.1, 0.15) is 31.9 Å². The third kappa shape index (κ3) is 7.83. The predicted molar refractivity (Wildman–Crippen MR) is 156 cm³/mol. The van der Waals surface area contributed by atoms with Crippen molar-refractivity contribution in [1.82, 2.24) is 10.2 Å². The summed E-state index contributed by atoms with van der Waals surface area (Å²) in [6.07, 6.45) is 0. The quantitative estimate of drug-likeness (QED) is 0.312. The molecule has 0 unspecified atom stereocenters. The van der Waals surface area contributed by atoms with Crippen LogP contribution in [0, 0.1) is 6.92 Å². The molecule has 2 amide bonds. The number of anilines is 1. The van der Waals surface area contributed by atoms with E-state index in [0.29, 0.717) is 24.6 Å². The number of ether oxygens (including phenoxy) is 1. The van der Waals surface area contributed by atoms with Gasteiger partial charge in [-0.25, -0.2) is 8.42 Å². The molecule has 0 fully saturated rings. The second-order valence-corrected chi connectivity index (χ2v) is 11.8. The molecule has 0 heterocycles. The number of benzene rings is 3. The average Bonchev–Trinajstić information content (AvgIpc) is 2.91. The first-order valence-corrected chi connectivity index (χ1v) is 14.9. The molecule has 3 aromatic carbocycles. The maximum atomic E-state index is 13.9. The summed E-state index contributed by atoms with van der Waals surface area (Å²) < 4.78 is 35.1. The van der Waals surface area contributed by atoms with E-state index in [9.17, 15) is 18.0 Å². The Kier molecular flexibility index (Phi) is 10.5. The molecule has 0 aliphatic heterocycles. The summed E-state index contributed by atoms with van der Waals surface area (Å²) in [6.45, 7) is 7.67. The lowest BCUT2D eigenvalue weighted by molar-refractivity contribution is -0.139. The summed E-state index contributed by atoms with van der Waals surface area (Å²) in [4.78, 5) is 28.1. The number of nitrogens with zero attached hydrogens (tertiary/aromatic N) is 2. The number of carbonyl (C=O) groups excluding carboxylic acids is 2. The van der Waals surface area contributed by atoms with Crippen molar-refractivity contribution < 1.29 is 22.7 Å². The lowest BCUT2D eigenvalue weighted by atomic mass is 10.1. The summed E-state index contributed by atoms with van der Waals surface area (Å²) in [6, 6.07) is 19.6. The van der Waals surface area contributed by atoms with Crippen LogP contribution < -0.4 is 14.4 Å². The zero-order valence-corrected chi connectivity index (χ0v) is 25.0. The molecule has 208 valence electrons. The number of amides is 2. The molecule has 0 aromatic heterocycles. The van der Waals surface area contributed by atoms with Crippen molar-refractivity contribution in [3.63, 3.8) is 0 Å². The van der Waals surface area contributed by atoms with Crippen molar-refractivity contribution in [1.29, 1.82) is 0 Å². The van der Waals surface area contributed by atoms with E-state index in [1.165, 1.54) is 17.0 Å². The molecule has 3 rings (SSSR count). The Morgan fingerprint density at radius 3 is 2.26 bits per heavy atom. The van der Waals surface area contributed by atoms with E-state index >= 15 is 0 Å². The largest absolute Gasteiger partial charge is 0.494 e.